The molecule has 3 aromatic heterocycles. The van der Waals surface area contributed by atoms with E-state index < -0.39 is 10.0 Å². The van der Waals surface area contributed by atoms with Gasteiger partial charge in [0, 0.05) is 44.4 Å². The van der Waals surface area contributed by atoms with Crippen LogP contribution in [0.25, 0.3) is 5.65 Å². The maximum Gasteiger partial charge on any atom is 0.314 e. The monoisotopic (exact) mass is 543 g/mol. The van der Waals surface area contributed by atoms with E-state index in [4.69, 9.17) is 4.98 Å². The van der Waals surface area contributed by atoms with Crippen molar-refractivity contribution in [1.82, 2.24) is 34.5 Å². The van der Waals surface area contributed by atoms with Crippen LogP contribution >= 0.6 is 0 Å². The molecule has 206 valence electrons. The number of fused-ring (bicyclic) bond motifs is 1. The van der Waals surface area contributed by atoms with Crippen LogP contribution in [0.4, 0.5) is 22.1 Å². The van der Waals surface area contributed by atoms with E-state index in [9.17, 15) is 13.2 Å². The molecule has 1 aliphatic carbocycles. The Bertz CT molecular complexity index is 1360. The van der Waals surface area contributed by atoms with Gasteiger partial charge in [0.25, 0.3) is 10.0 Å². The molecule has 13 heteroatoms. The van der Waals surface area contributed by atoms with Gasteiger partial charge in [0.15, 0.2) is 10.7 Å². The summed E-state index contributed by atoms with van der Waals surface area (Å²) in [6.45, 7) is 6.71. The third-order valence-electron chi connectivity index (χ3n) is 6.63. The van der Waals surface area contributed by atoms with Crippen LogP contribution in [0.15, 0.2) is 35.6 Å². The molecule has 0 saturated heterocycles. The van der Waals surface area contributed by atoms with Crippen molar-refractivity contribution in [3.05, 3.63) is 36.2 Å². The zero-order chi connectivity index (χ0) is 27.4. The second kappa shape index (κ2) is 11.5. The first kappa shape index (κ1) is 27.6. The Morgan fingerprint density at radius 1 is 1.13 bits per heavy atom. The number of carbonyl (C=O) groups is 1. The molecule has 0 radical (unpaired) electrons. The Kier molecular flexibility index (Phi) is 8.36. The van der Waals surface area contributed by atoms with Gasteiger partial charge in [-0.1, -0.05) is 13.8 Å². The fraction of sp³-hybridized carbons (Fsp3) is 0.520. The lowest BCUT2D eigenvalue weighted by Crippen LogP contribution is -2.44. The van der Waals surface area contributed by atoms with Crippen LogP contribution in [-0.4, -0.2) is 71.1 Å². The van der Waals surface area contributed by atoms with E-state index in [0.717, 1.165) is 47.0 Å². The summed E-state index contributed by atoms with van der Waals surface area (Å²) in [6.07, 6.45) is 6.92. The van der Waals surface area contributed by atoms with Gasteiger partial charge in [-0.2, -0.15) is 9.61 Å². The van der Waals surface area contributed by atoms with E-state index in [1.807, 2.05) is 19.2 Å². The zero-order valence-electron chi connectivity index (χ0n) is 22.5. The maximum absolute atomic E-state index is 12.4. The summed E-state index contributed by atoms with van der Waals surface area (Å²) in [4.78, 5) is 20.9. The molecular weight excluding hydrogens is 506 g/mol. The topological polar surface area (TPSA) is 146 Å². The molecule has 1 aliphatic rings. The molecule has 2 amide bonds. The van der Waals surface area contributed by atoms with Crippen molar-refractivity contribution in [2.75, 3.05) is 31.3 Å². The number of nitrogens with zero attached hydrogens (tertiary/aromatic N) is 5. The standard InChI is InChI=1S/C25H37N9O3S/c1-6-26-25(35)31-18-9-7-17(8-10-18)29-21-13-22(34-24(32-21)20(15-28-34)16(2)3)30-19-11-12-23(27-14-19)38(36,37)33(4)5/h11-18,30H,6-10H2,1-5H3,(H,29,32)(H2,26,31,35). The maximum atomic E-state index is 12.4. The van der Waals surface area contributed by atoms with Crippen molar-refractivity contribution >= 4 is 39.0 Å². The van der Waals surface area contributed by atoms with Crippen molar-refractivity contribution in [3.63, 3.8) is 0 Å². The number of carbonyl (C=O) groups excluding carboxylic acids is 1. The Hall–Kier alpha value is -3.45. The first-order valence-corrected chi connectivity index (χ1v) is 14.4. The van der Waals surface area contributed by atoms with Gasteiger partial charge in [-0.3, -0.25) is 0 Å². The van der Waals surface area contributed by atoms with Crippen molar-refractivity contribution in [1.29, 1.82) is 0 Å². The summed E-state index contributed by atoms with van der Waals surface area (Å²) in [6, 6.07) is 5.33. The third-order valence-corrected chi connectivity index (χ3v) is 8.36. The molecule has 0 aromatic carbocycles. The molecule has 1 fully saturated rings. The smallest absolute Gasteiger partial charge is 0.314 e. The SMILES string of the molecule is CCNC(=O)NC1CCC(Nc2cc(Nc3ccc(S(=O)(=O)N(C)C)nc3)n3ncc(C(C)C)c3n2)CC1. The highest BCUT2D eigenvalue weighted by Crippen LogP contribution is 2.28. The molecule has 1 saturated carbocycles. The van der Waals surface area contributed by atoms with Gasteiger partial charge in [-0.25, -0.2) is 27.5 Å². The highest BCUT2D eigenvalue weighted by Gasteiger charge is 2.24. The molecule has 4 N–H and O–H groups in total. The largest absolute Gasteiger partial charge is 0.367 e. The van der Waals surface area contributed by atoms with Crippen LogP contribution < -0.4 is 21.3 Å². The number of pyridine rings is 1. The number of hydrogen-bond acceptors (Lipinski definition) is 8. The molecule has 0 unspecified atom stereocenters. The molecule has 0 aliphatic heterocycles. The van der Waals surface area contributed by atoms with Gasteiger partial charge in [0.1, 0.15) is 11.6 Å². The number of rotatable bonds is 9. The fourth-order valence-electron chi connectivity index (χ4n) is 4.48. The van der Waals surface area contributed by atoms with Crippen molar-refractivity contribution in [3.8, 4) is 0 Å². The third kappa shape index (κ3) is 6.16. The van der Waals surface area contributed by atoms with E-state index in [-0.39, 0.29) is 29.1 Å². The van der Waals surface area contributed by atoms with Crippen LogP contribution in [0.3, 0.4) is 0 Å². The number of anilines is 3. The van der Waals surface area contributed by atoms with E-state index in [1.165, 1.54) is 26.4 Å². The normalized spacial score (nSPS) is 18.1. The number of aromatic nitrogens is 4. The summed E-state index contributed by atoms with van der Waals surface area (Å²) in [7, 11) is -0.666. The van der Waals surface area contributed by atoms with Crippen LogP contribution in [0.5, 0.6) is 0 Å². The van der Waals surface area contributed by atoms with Gasteiger partial charge in [-0.05, 0) is 50.7 Å². The van der Waals surface area contributed by atoms with Gasteiger partial charge < -0.3 is 21.3 Å². The lowest BCUT2D eigenvalue weighted by Gasteiger charge is -2.30. The summed E-state index contributed by atoms with van der Waals surface area (Å²) < 4.78 is 27.6. The van der Waals surface area contributed by atoms with E-state index >= 15 is 0 Å². The Balaban J connectivity index is 1.54. The van der Waals surface area contributed by atoms with E-state index in [0.29, 0.717) is 18.1 Å². The molecule has 0 bridgehead atoms. The summed E-state index contributed by atoms with van der Waals surface area (Å²) in [5.74, 6) is 1.64. The van der Waals surface area contributed by atoms with Gasteiger partial charge >= 0.3 is 6.03 Å². The fourth-order valence-corrected chi connectivity index (χ4v) is 5.28. The van der Waals surface area contributed by atoms with Crippen LogP contribution in [0, 0.1) is 0 Å². The average molecular weight is 544 g/mol. The van der Waals surface area contributed by atoms with E-state index in [2.05, 4.69) is 45.2 Å². The minimum atomic E-state index is -3.61. The number of amides is 2. The molecule has 3 aromatic rings. The zero-order valence-corrected chi connectivity index (χ0v) is 23.3. The average Bonchev–Trinajstić information content (AvgIpc) is 3.30. The number of hydrogen-bond donors (Lipinski definition) is 4. The van der Waals surface area contributed by atoms with Crippen molar-refractivity contribution in [2.24, 2.45) is 0 Å². The lowest BCUT2D eigenvalue weighted by atomic mass is 9.91. The van der Waals surface area contributed by atoms with Gasteiger partial charge in [0.05, 0.1) is 18.1 Å². The number of urea groups is 1. The van der Waals surface area contributed by atoms with Crippen LogP contribution in [0.2, 0.25) is 0 Å². The molecule has 12 nitrogen and oxygen atoms in total. The first-order chi connectivity index (χ1) is 18.1. The first-order valence-electron chi connectivity index (χ1n) is 12.9. The molecule has 0 atom stereocenters. The minimum absolute atomic E-state index is 0.0197. The highest BCUT2D eigenvalue weighted by molar-refractivity contribution is 7.89. The van der Waals surface area contributed by atoms with Gasteiger partial charge in [0.2, 0.25) is 0 Å². The van der Waals surface area contributed by atoms with Gasteiger partial charge in [-0.15, -0.1) is 0 Å². The second-order valence-corrected chi connectivity index (χ2v) is 12.1. The van der Waals surface area contributed by atoms with Crippen LogP contribution in [0.1, 0.15) is 57.9 Å². The molecular formula is C25H37N9O3S. The van der Waals surface area contributed by atoms with Crippen LogP contribution in [-0.2, 0) is 10.0 Å². The molecule has 3 heterocycles. The number of nitrogens with one attached hydrogen (secondary N) is 4. The predicted molar refractivity (Wildman–Crippen MR) is 147 cm³/mol. The predicted octanol–water partition coefficient (Wildman–Crippen LogP) is 3.28. The van der Waals surface area contributed by atoms with Crippen molar-refractivity contribution < 1.29 is 13.2 Å². The molecule has 4 rings (SSSR count). The second-order valence-electron chi connectivity index (χ2n) is 10.0. The highest BCUT2D eigenvalue weighted by atomic mass is 32.2. The molecule has 0 spiro atoms. The van der Waals surface area contributed by atoms with Crippen molar-refractivity contribution in [2.45, 2.75) is 69.5 Å². The summed E-state index contributed by atoms with van der Waals surface area (Å²) in [5, 5.41) is 17.3. The summed E-state index contributed by atoms with van der Waals surface area (Å²) in [5.41, 5.74) is 2.40. The quantitative estimate of drug-likeness (QED) is 0.322. The van der Waals surface area contributed by atoms with E-state index in [1.54, 1.807) is 10.6 Å². The Morgan fingerprint density at radius 3 is 2.45 bits per heavy atom. The minimum Gasteiger partial charge on any atom is -0.367 e. The Morgan fingerprint density at radius 2 is 1.84 bits per heavy atom. The summed E-state index contributed by atoms with van der Waals surface area (Å²) >= 11 is 0. The molecule has 38 heavy (non-hydrogen) atoms. The Labute approximate surface area is 223 Å². The number of sulfonamides is 1. The lowest BCUT2D eigenvalue weighted by molar-refractivity contribution is 0.232.